The van der Waals surface area contributed by atoms with Crippen molar-refractivity contribution in [1.29, 1.82) is 0 Å². The lowest BCUT2D eigenvalue weighted by molar-refractivity contribution is 0.0713. The maximum absolute atomic E-state index is 13.5. The zero-order valence-corrected chi connectivity index (χ0v) is 18.6. The Kier molecular flexibility index (Phi) is 6.17. The van der Waals surface area contributed by atoms with E-state index in [1.165, 1.54) is 7.11 Å². The zero-order chi connectivity index (χ0) is 22.6. The van der Waals surface area contributed by atoms with Crippen LogP contribution in [0.5, 0.6) is 0 Å². The molecule has 1 amide bonds. The number of amides is 1. The molecule has 0 bridgehead atoms. The summed E-state index contributed by atoms with van der Waals surface area (Å²) in [6, 6.07) is 17.4. The summed E-state index contributed by atoms with van der Waals surface area (Å²) >= 11 is 0. The summed E-state index contributed by atoms with van der Waals surface area (Å²) < 4.78 is 5.65. The summed E-state index contributed by atoms with van der Waals surface area (Å²) in [5.74, 6) is 1.37. The summed E-state index contributed by atoms with van der Waals surface area (Å²) in [7, 11) is 1.51. The highest BCUT2D eigenvalue weighted by atomic mass is 16.6. The number of hydrogen-bond acceptors (Lipinski definition) is 7. The molecule has 2 aliphatic heterocycles. The molecule has 1 atom stereocenters. The second kappa shape index (κ2) is 9.54. The highest BCUT2D eigenvalue weighted by Gasteiger charge is 2.39. The first-order valence-corrected chi connectivity index (χ1v) is 11.3. The van der Waals surface area contributed by atoms with Crippen LogP contribution in [0.15, 0.2) is 64.3 Å². The number of nitrogens with zero attached hydrogens (tertiary/aromatic N) is 4. The Balaban J connectivity index is 1.38. The van der Waals surface area contributed by atoms with E-state index in [9.17, 15) is 4.79 Å². The van der Waals surface area contributed by atoms with Crippen LogP contribution in [-0.4, -0.2) is 53.4 Å². The fourth-order valence-corrected chi connectivity index (χ4v) is 4.56. The molecule has 0 aliphatic carbocycles. The van der Waals surface area contributed by atoms with E-state index in [2.05, 4.69) is 27.8 Å². The maximum Gasteiger partial charge on any atom is 0.254 e. The number of rotatable bonds is 5. The van der Waals surface area contributed by atoms with Crippen molar-refractivity contribution in [3.8, 4) is 11.1 Å². The van der Waals surface area contributed by atoms with Gasteiger partial charge >= 0.3 is 0 Å². The Morgan fingerprint density at radius 1 is 1.09 bits per heavy atom. The molecular weight excluding hydrogens is 418 g/mol. The molecule has 2 fully saturated rings. The summed E-state index contributed by atoms with van der Waals surface area (Å²) in [5.41, 5.74) is 3.56. The number of aromatic nitrogens is 2. The standard InChI is InChI=1S/C25H27N5O3/c1-32-28-21-15-22(24-27-23(29-33-24)19-11-13-26-14-12-19)30(16-21)25(31)20-9-7-18(8-10-20)17-5-3-2-4-6-17/h2-10,19,22,26H,11-16H2,1H3/b28-21+. The average molecular weight is 446 g/mol. The van der Waals surface area contributed by atoms with Crippen molar-refractivity contribution >= 4 is 11.6 Å². The zero-order valence-electron chi connectivity index (χ0n) is 18.6. The Labute approximate surface area is 192 Å². The van der Waals surface area contributed by atoms with Crippen LogP contribution < -0.4 is 5.32 Å². The van der Waals surface area contributed by atoms with Gasteiger partial charge in [-0.3, -0.25) is 4.79 Å². The molecule has 2 saturated heterocycles. The first-order valence-electron chi connectivity index (χ1n) is 11.3. The van der Waals surface area contributed by atoms with Gasteiger partial charge in [0.15, 0.2) is 5.82 Å². The number of oxime groups is 1. The number of carbonyl (C=O) groups is 1. The van der Waals surface area contributed by atoms with Crippen LogP contribution >= 0.6 is 0 Å². The SMILES string of the molecule is CO/N=C1\CC(c2nc(C3CCNCC3)no2)N(C(=O)c2ccc(-c3ccccc3)cc2)C1. The van der Waals surface area contributed by atoms with Crippen molar-refractivity contribution in [3.05, 3.63) is 71.9 Å². The van der Waals surface area contributed by atoms with Gasteiger partial charge in [0.05, 0.1) is 12.3 Å². The number of hydrogen-bond donors (Lipinski definition) is 1. The van der Waals surface area contributed by atoms with Crippen molar-refractivity contribution in [2.45, 2.75) is 31.2 Å². The van der Waals surface area contributed by atoms with Crippen LogP contribution in [0, 0.1) is 0 Å². The molecule has 1 aromatic heterocycles. The first-order chi connectivity index (χ1) is 16.2. The third kappa shape index (κ3) is 4.52. The predicted octanol–water partition coefficient (Wildman–Crippen LogP) is 3.79. The third-order valence-corrected chi connectivity index (χ3v) is 6.33. The molecule has 1 N–H and O–H groups in total. The van der Waals surface area contributed by atoms with Gasteiger partial charge in [-0.05, 0) is 49.2 Å². The molecule has 8 heteroatoms. The molecule has 170 valence electrons. The molecule has 0 saturated carbocycles. The van der Waals surface area contributed by atoms with Crippen LogP contribution in [0.3, 0.4) is 0 Å². The van der Waals surface area contributed by atoms with E-state index >= 15 is 0 Å². The predicted molar refractivity (Wildman–Crippen MR) is 124 cm³/mol. The highest BCUT2D eigenvalue weighted by molar-refractivity contribution is 6.00. The molecule has 5 rings (SSSR count). The largest absolute Gasteiger partial charge is 0.399 e. The fourth-order valence-electron chi connectivity index (χ4n) is 4.56. The van der Waals surface area contributed by atoms with E-state index in [1.54, 1.807) is 4.90 Å². The maximum atomic E-state index is 13.5. The summed E-state index contributed by atoms with van der Waals surface area (Å²) in [4.78, 5) is 24.9. The summed E-state index contributed by atoms with van der Waals surface area (Å²) in [6.07, 6.45) is 2.47. The second-order valence-electron chi connectivity index (χ2n) is 8.45. The van der Waals surface area contributed by atoms with Crippen molar-refractivity contribution < 1.29 is 14.2 Å². The highest BCUT2D eigenvalue weighted by Crippen LogP contribution is 2.33. The van der Waals surface area contributed by atoms with Crippen molar-refractivity contribution in [3.63, 3.8) is 0 Å². The third-order valence-electron chi connectivity index (χ3n) is 6.33. The van der Waals surface area contributed by atoms with Gasteiger partial charge in [0, 0.05) is 17.9 Å². The fraction of sp³-hybridized carbons (Fsp3) is 0.360. The van der Waals surface area contributed by atoms with Gasteiger partial charge in [-0.2, -0.15) is 4.98 Å². The van der Waals surface area contributed by atoms with Crippen LogP contribution in [0.25, 0.3) is 11.1 Å². The van der Waals surface area contributed by atoms with E-state index in [0.717, 1.165) is 48.6 Å². The molecule has 3 aromatic rings. The number of likely N-dealkylation sites (tertiary alicyclic amines) is 1. The van der Waals surface area contributed by atoms with E-state index in [-0.39, 0.29) is 17.9 Å². The smallest absolute Gasteiger partial charge is 0.254 e. The van der Waals surface area contributed by atoms with Crippen LogP contribution in [0.2, 0.25) is 0 Å². The van der Waals surface area contributed by atoms with E-state index in [0.29, 0.717) is 24.4 Å². The second-order valence-corrected chi connectivity index (χ2v) is 8.45. The van der Waals surface area contributed by atoms with Gasteiger partial charge in [-0.25, -0.2) is 0 Å². The van der Waals surface area contributed by atoms with Gasteiger partial charge in [0.1, 0.15) is 13.2 Å². The molecular formula is C25H27N5O3. The quantitative estimate of drug-likeness (QED) is 0.601. The molecule has 1 unspecified atom stereocenters. The van der Waals surface area contributed by atoms with Crippen molar-refractivity contribution in [1.82, 2.24) is 20.4 Å². The van der Waals surface area contributed by atoms with Gasteiger partial charge in [-0.15, -0.1) is 0 Å². The molecule has 33 heavy (non-hydrogen) atoms. The van der Waals surface area contributed by atoms with Gasteiger partial charge in [-0.1, -0.05) is 52.8 Å². The minimum atomic E-state index is -0.358. The molecule has 2 aromatic carbocycles. The molecule has 3 heterocycles. The van der Waals surface area contributed by atoms with Gasteiger partial charge in [0.25, 0.3) is 5.91 Å². The van der Waals surface area contributed by atoms with Gasteiger partial charge in [0.2, 0.25) is 5.89 Å². The van der Waals surface area contributed by atoms with E-state index in [4.69, 9.17) is 14.3 Å². The Morgan fingerprint density at radius 2 is 1.82 bits per heavy atom. The van der Waals surface area contributed by atoms with Crippen LogP contribution in [0.4, 0.5) is 0 Å². The first kappa shape index (κ1) is 21.3. The van der Waals surface area contributed by atoms with E-state index in [1.807, 2.05) is 42.5 Å². The monoisotopic (exact) mass is 445 g/mol. The number of carbonyl (C=O) groups excluding carboxylic acids is 1. The average Bonchev–Trinajstić information content (AvgIpc) is 3.53. The summed E-state index contributed by atoms with van der Waals surface area (Å²) in [6.45, 7) is 2.27. The lowest BCUT2D eigenvalue weighted by Gasteiger charge is -2.21. The number of piperidine rings is 1. The molecule has 2 aliphatic rings. The summed E-state index contributed by atoms with van der Waals surface area (Å²) in [5, 5.41) is 11.7. The lowest BCUT2D eigenvalue weighted by Crippen LogP contribution is -2.31. The van der Waals surface area contributed by atoms with Crippen LogP contribution in [0.1, 0.15) is 53.3 Å². The Bertz CT molecular complexity index is 1120. The van der Waals surface area contributed by atoms with Gasteiger partial charge < -0.3 is 19.6 Å². The topological polar surface area (TPSA) is 92.8 Å². The van der Waals surface area contributed by atoms with Crippen molar-refractivity contribution in [2.24, 2.45) is 5.16 Å². The number of benzene rings is 2. The van der Waals surface area contributed by atoms with E-state index < -0.39 is 0 Å². The molecule has 8 nitrogen and oxygen atoms in total. The van der Waals surface area contributed by atoms with Crippen molar-refractivity contribution in [2.75, 3.05) is 26.7 Å². The van der Waals surface area contributed by atoms with Crippen LogP contribution in [-0.2, 0) is 4.84 Å². The Hall–Kier alpha value is -3.52. The lowest BCUT2D eigenvalue weighted by atomic mass is 9.98. The molecule has 0 radical (unpaired) electrons. The number of nitrogens with one attached hydrogen (secondary N) is 1. The normalized spacial score (nSPS) is 20.3. The molecule has 0 spiro atoms. The minimum absolute atomic E-state index is 0.0949. The Morgan fingerprint density at radius 3 is 2.55 bits per heavy atom. The minimum Gasteiger partial charge on any atom is -0.399 e.